The molecule has 0 aliphatic heterocycles. The average Bonchev–Trinajstić information content (AvgIpc) is 2.90. The molecule has 0 amide bonds. The lowest BCUT2D eigenvalue weighted by Crippen LogP contribution is -2.59. The Bertz CT molecular complexity index is 263. The Labute approximate surface area is 118 Å². The van der Waals surface area contributed by atoms with Crippen LogP contribution in [-0.2, 0) is 4.74 Å². The molecule has 3 atom stereocenters. The first-order chi connectivity index (χ1) is 9.27. The summed E-state index contributed by atoms with van der Waals surface area (Å²) in [5, 5.41) is 0. The van der Waals surface area contributed by atoms with Gasteiger partial charge in [-0.3, -0.25) is 11.3 Å². The van der Waals surface area contributed by atoms with Crippen molar-refractivity contribution in [1.29, 1.82) is 0 Å². The molecule has 0 radical (unpaired) electrons. The maximum Gasteiger partial charge on any atom is 0.0850 e. The minimum Gasteiger partial charge on any atom is -0.374 e. The highest BCUT2D eigenvalue weighted by atomic mass is 16.5. The lowest BCUT2D eigenvalue weighted by atomic mass is 9.69. The van der Waals surface area contributed by atoms with Crippen LogP contribution in [0.4, 0.5) is 0 Å². The number of hydrogen-bond donors (Lipinski definition) is 2. The Kier molecular flexibility index (Phi) is 5.67. The van der Waals surface area contributed by atoms with E-state index in [1.54, 1.807) is 0 Å². The van der Waals surface area contributed by atoms with Crippen LogP contribution in [0.5, 0.6) is 0 Å². The third kappa shape index (κ3) is 3.14. The van der Waals surface area contributed by atoms with Crippen LogP contribution in [0.25, 0.3) is 0 Å². The maximum atomic E-state index is 6.25. The molecule has 112 valence electrons. The zero-order valence-corrected chi connectivity index (χ0v) is 12.8. The minimum atomic E-state index is 0.0128. The van der Waals surface area contributed by atoms with E-state index in [9.17, 15) is 0 Å². The third-order valence-electron chi connectivity index (χ3n) is 5.55. The van der Waals surface area contributed by atoms with E-state index in [2.05, 4.69) is 19.3 Å². The first-order valence-electron chi connectivity index (χ1n) is 8.37. The first kappa shape index (κ1) is 15.3. The molecule has 2 rings (SSSR count). The summed E-state index contributed by atoms with van der Waals surface area (Å²) >= 11 is 0. The molecule has 19 heavy (non-hydrogen) atoms. The quantitative estimate of drug-likeness (QED) is 0.573. The van der Waals surface area contributed by atoms with Gasteiger partial charge in [-0.1, -0.05) is 45.4 Å². The molecule has 2 saturated carbocycles. The predicted octanol–water partition coefficient (Wildman–Crippen LogP) is 3.38. The lowest BCUT2D eigenvalue weighted by molar-refractivity contribution is -0.0864. The topological polar surface area (TPSA) is 47.3 Å². The molecule has 3 unspecified atom stereocenters. The van der Waals surface area contributed by atoms with Crippen LogP contribution in [0.3, 0.4) is 0 Å². The van der Waals surface area contributed by atoms with Gasteiger partial charge in [0.05, 0.1) is 11.6 Å². The molecular formula is C16H32N2O. The van der Waals surface area contributed by atoms with Crippen molar-refractivity contribution in [1.82, 2.24) is 5.43 Å². The highest BCUT2D eigenvalue weighted by molar-refractivity contribution is 5.01. The van der Waals surface area contributed by atoms with Gasteiger partial charge in [-0.05, 0) is 38.0 Å². The van der Waals surface area contributed by atoms with Gasteiger partial charge in [0.1, 0.15) is 0 Å². The van der Waals surface area contributed by atoms with Crippen molar-refractivity contribution in [2.75, 3.05) is 6.61 Å². The Morgan fingerprint density at radius 2 is 1.84 bits per heavy atom. The van der Waals surface area contributed by atoms with Crippen molar-refractivity contribution < 1.29 is 4.74 Å². The Morgan fingerprint density at radius 1 is 1.16 bits per heavy atom. The smallest absolute Gasteiger partial charge is 0.0850 e. The molecule has 0 aromatic heterocycles. The number of ether oxygens (including phenoxy) is 1. The fourth-order valence-electron chi connectivity index (χ4n) is 4.65. The summed E-state index contributed by atoms with van der Waals surface area (Å²) in [6.07, 6.45) is 11.7. The molecule has 0 spiro atoms. The molecule has 2 aliphatic carbocycles. The summed E-state index contributed by atoms with van der Waals surface area (Å²) in [5.41, 5.74) is 3.19. The van der Waals surface area contributed by atoms with Gasteiger partial charge in [-0.15, -0.1) is 0 Å². The fraction of sp³-hybridized carbons (Fsp3) is 1.00. The van der Waals surface area contributed by atoms with E-state index < -0.39 is 0 Å². The van der Waals surface area contributed by atoms with Gasteiger partial charge in [0, 0.05) is 6.61 Å². The summed E-state index contributed by atoms with van der Waals surface area (Å²) in [4.78, 5) is 0. The van der Waals surface area contributed by atoms with Crippen molar-refractivity contribution in [2.45, 2.75) is 83.3 Å². The molecule has 2 fully saturated rings. The van der Waals surface area contributed by atoms with E-state index >= 15 is 0 Å². The van der Waals surface area contributed by atoms with Crippen molar-refractivity contribution in [3.05, 3.63) is 0 Å². The van der Waals surface area contributed by atoms with E-state index in [-0.39, 0.29) is 5.60 Å². The second-order valence-electron chi connectivity index (χ2n) is 6.47. The monoisotopic (exact) mass is 268 g/mol. The number of rotatable bonds is 6. The Morgan fingerprint density at radius 3 is 2.42 bits per heavy atom. The SMILES string of the molecule is CCOC1(C(NN)C2CCCCC2CC)CCCC1. The molecule has 3 heteroatoms. The van der Waals surface area contributed by atoms with Crippen molar-refractivity contribution in [2.24, 2.45) is 17.7 Å². The van der Waals surface area contributed by atoms with Crippen LogP contribution >= 0.6 is 0 Å². The molecule has 0 heterocycles. The molecule has 2 aliphatic rings. The van der Waals surface area contributed by atoms with Crippen molar-refractivity contribution >= 4 is 0 Å². The highest BCUT2D eigenvalue weighted by Gasteiger charge is 2.47. The molecule has 0 bridgehead atoms. The Hall–Kier alpha value is -0.120. The van der Waals surface area contributed by atoms with E-state index in [0.717, 1.165) is 12.5 Å². The van der Waals surface area contributed by atoms with E-state index in [1.807, 2.05) is 0 Å². The molecule has 0 aromatic carbocycles. The van der Waals surface area contributed by atoms with Gasteiger partial charge in [0.2, 0.25) is 0 Å². The van der Waals surface area contributed by atoms with Crippen LogP contribution in [0, 0.1) is 11.8 Å². The van der Waals surface area contributed by atoms with Gasteiger partial charge in [0.15, 0.2) is 0 Å². The largest absolute Gasteiger partial charge is 0.374 e. The minimum absolute atomic E-state index is 0.0128. The molecule has 3 nitrogen and oxygen atoms in total. The van der Waals surface area contributed by atoms with Gasteiger partial charge < -0.3 is 4.74 Å². The second-order valence-corrected chi connectivity index (χ2v) is 6.47. The second kappa shape index (κ2) is 7.05. The van der Waals surface area contributed by atoms with Crippen LogP contribution < -0.4 is 11.3 Å². The Balaban J connectivity index is 2.16. The zero-order valence-electron chi connectivity index (χ0n) is 12.8. The van der Waals surface area contributed by atoms with E-state index in [0.29, 0.717) is 12.0 Å². The molecular weight excluding hydrogens is 236 g/mol. The van der Waals surface area contributed by atoms with Gasteiger partial charge >= 0.3 is 0 Å². The van der Waals surface area contributed by atoms with Crippen molar-refractivity contribution in [3.63, 3.8) is 0 Å². The number of nitrogens with two attached hydrogens (primary N) is 1. The molecule has 0 aromatic rings. The van der Waals surface area contributed by atoms with Crippen LogP contribution in [0.1, 0.15) is 71.6 Å². The summed E-state index contributed by atoms with van der Waals surface area (Å²) in [7, 11) is 0. The third-order valence-corrected chi connectivity index (χ3v) is 5.55. The van der Waals surface area contributed by atoms with Crippen LogP contribution in [-0.4, -0.2) is 18.2 Å². The predicted molar refractivity (Wildman–Crippen MR) is 79.7 cm³/mol. The van der Waals surface area contributed by atoms with Crippen LogP contribution in [0.15, 0.2) is 0 Å². The van der Waals surface area contributed by atoms with Gasteiger partial charge in [-0.25, -0.2) is 0 Å². The van der Waals surface area contributed by atoms with Gasteiger partial charge in [-0.2, -0.15) is 0 Å². The summed E-state index contributed by atoms with van der Waals surface area (Å²) in [6.45, 7) is 5.26. The highest BCUT2D eigenvalue weighted by Crippen LogP contribution is 2.44. The average molecular weight is 268 g/mol. The number of hydrazine groups is 1. The number of hydrogen-bond acceptors (Lipinski definition) is 3. The van der Waals surface area contributed by atoms with E-state index in [4.69, 9.17) is 10.6 Å². The first-order valence-corrected chi connectivity index (χ1v) is 8.37. The van der Waals surface area contributed by atoms with Gasteiger partial charge in [0.25, 0.3) is 0 Å². The fourth-order valence-corrected chi connectivity index (χ4v) is 4.65. The van der Waals surface area contributed by atoms with E-state index in [1.165, 1.54) is 57.8 Å². The molecule has 0 saturated heterocycles. The molecule has 3 N–H and O–H groups in total. The zero-order chi connectivity index (χ0) is 13.7. The summed E-state index contributed by atoms with van der Waals surface area (Å²) in [5.74, 6) is 7.51. The normalized spacial score (nSPS) is 32.4. The summed E-state index contributed by atoms with van der Waals surface area (Å²) < 4.78 is 6.25. The standard InChI is InChI=1S/C16H32N2O/c1-3-13-9-5-6-10-14(13)15(18-17)16(19-4-2)11-7-8-12-16/h13-15,18H,3-12,17H2,1-2H3. The maximum absolute atomic E-state index is 6.25. The van der Waals surface area contributed by atoms with Crippen molar-refractivity contribution in [3.8, 4) is 0 Å². The van der Waals surface area contributed by atoms with Crippen LogP contribution in [0.2, 0.25) is 0 Å². The summed E-state index contributed by atoms with van der Waals surface area (Å²) in [6, 6.07) is 0.347. The lowest BCUT2D eigenvalue weighted by Gasteiger charge is -2.45. The number of nitrogens with one attached hydrogen (secondary N) is 1.